The maximum Gasteiger partial charge on any atom is 0.299 e. The van der Waals surface area contributed by atoms with Crippen molar-refractivity contribution in [2.75, 3.05) is 11.4 Å². The number of benzene rings is 1. The van der Waals surface area contributed by atoms with Gasteiger partial charge in [-0.1, -0.05) is 17.7 Å². The van der Waals surface area contributed by atoms with Gasteiger partial charge >= 0.3 is 0 Å². The van der Waals surface area contributed by atoms with Gasteiger partial charge in [0.05, 0.1) is 16.3 Å². The van der Waals surface area contributed by atoms with Crippen LogP contribution >= 0.6 is 11.6 Å². The van der Waals surface area contributed by atoms with E-state index in [-0.39, 0.29) is 0 Å². The molecule has 1 amide bonds. The average Bonchev–Trinajstić information content (AvgIpc) is 2.93. The smallest absolute Gasteiger partial charge is 0.299 e. The number of amides is 1. The van der Waals surface area contributed by atoms with E-state index in [9.17, 15) is 9.59 Å². The van der Waals surface area contributed by atoms with Gasteiger partial charge in [-0.15, -0.1) is 0 Å². The minimum absolute atomic E-state index is 0.305. The van der Waals surface area contributed by atoms with Crippen LogP contribution in [-0.2, 0) is 18.3 Å². The minimum atomic E-state index is -0.537. The van der Waals surface area contributed by atoms with Crippen molar-refractivity contribution in [2.24, 2.45) is 7.05 Å². The number of carbonyl (C=O) groups excluding carboxylic acids is 2. The molecule has 3 rings (SSSR count). The van der Waals surface area contributed by atoms with Crippen LogP contribution in [0.5, 0.6) is 0 Å². The summed E-state index contributed by atoms with van der Waals surface area (Å²) < 4.78 is 1.89. The molecule has 0 spiro atoms. The van der Waals surface area contributed by atoms with E-state index >= 15 is 0 Å². The second-order valence-corrected chi connectivity index (χ2v) is 5.03. The normalized spacial score (nSPS) is 14.0. The van der Waals surface area contributed by atoms with Gasteiger partial charge in [0.2, 0.25) is 0 Å². The predicted octanol–water partition coefficient (Wildman–Crippen LogP) is 1.85. The van der Waals surface area contributed by atoms with Crippen LogP contribution in [0.2, 0.25) is 5.02 Å². The van der Waals surface area contributed by atoms with Crippen molar-refractivity contribution in [1.82, 2.24) is 9.55 Å². The first-order valence-electron chi connectivity index (χ1n) is 6.20. The van der Waals surface area contributed by atoms with Crippen LogP contribution in [0.1, 0.15) is 16.2 Å². The first-order chi connectivity index (χ1) is 9.59. The van der Waals surface area contributed by atoms with Crippen LogP contribution in [0.25, 0.3) is 0 Å². The molecule has 0 saturated carbocycles. The van der Waals surface area contributed by atoms with Crippen molar-refractivity contribution in [3.8, 4) is 0 Å². The number of aryl methyl sites for hydroxylation is 1. The van der Waals surface area contributed by atoms with Crippen LogP contribution in [0, 0.1) is 0 Å². The number of rotatable bonds is 3. The summed E-state index contributed by atoms with van der Waals surface area (Å²) in [7, 11) is 1.89. The van der Waals surface area contributed by atoms with Gasteiger partial charge in [-0.3, -0.25) is 9.59 Å². The minimum Gasteiger partial charge on any atom is -0.338 e. The van der Waals surface area contributed by atoms with E-state index < -0.39 is 11.7 Å². The second kappa shape index (κ2) is 4.76. The first kappa shape index (κ1) is 12.9. The molecule has 1 aliphatic heterocycles. The Morgan fingerprint density at radius 2 is 2.10 bits per heavy atom. The molecule has 0 saturated heterocycles. The number of Topliss-reactive ketones (excluding diaryl/α,β-unsaturated/α-hetero) is 1. The first-order valence-corrected chi connectivity index (χ1v) is 6.58. The maximum absolute atomic E-state index is 12.0. The van der Waals surface area contributed by atoms with Crippen molar-refractivity contribution in [2.45, 2.75) is 6.42 Å². The molecule has 0 radical (unpaired) electrons. The second-order valence-electron chi connectivity index (χ2n) is 4.62. The number of fused-ring (bicyclic) bond motifs is 1. The molecule has 0 N–H and O–H groups in total. The van der Waals surface area contributed by atoms with Crippen molar-refractivity contribution >= 4 is 29.0 Å². The van der Waals surface area contributed by atoms with Gasteiger partial charge in [0.25, 0.3) is 11.7 Å². The molecule has 1 aromatic heterocycles. The summed E-state index contributed by atoms with van der Waals surface area (Å²) in [5, 5.41) is 0.320. The van der Waals surface area contributed by atoms with Crippen molar-refractivity contribution in [1.29, 1.82) is 0 Å². The summed E-state index contributed by atoms with van der Waals surface area (Å²) in [5.74, 6) is -0.200. The fourth-order valence-corrected chi connectivity index (χ4v) is 2.63. The number of hydrogen-bond acceptors (Lipinski definition) is 3. The lowest BCUT2D eigenvalue weighted by Crippen LogP contribution is -2.32. The number of carbonyl (C=O) groups is 2. The fraction of sp³-hybridized carbons (Fsp3) is 0.214. The van der Waals surface area contributed by atoms with Gasteiger partial charge in [-0.25, -0.2) is 4.98 Å². The molecule has 20 heavy (non-hydrogen) atoms. The van der Waals surface area contributed by atoms with E-state index in [2.05, 4.69) is 4.98 Å². The van der Waals surface area contributed by atoms with Gasteiger partial charge in [0.1, 0.15) is 5.82 Å². The van der Waals surface area contributed by atoms with Crippen LogP contribution < -0.4 is 4.90 Å². The lowest BCUT2D eigenvalue weighted by molar-refractivity contribution is -0.114. The zero-order chi connectivity index (χ0) is 14.3. The Hall–Kier alpha value is -2.14. The van der Waals surface area contributed by atoms with Crippen molar-refractivity contribution in [3.05, 3.63) is 47.0 Å². The Kier molecular flexibility index (Phi) is 3.06. The fourth-order valence-electron chi connectivity index (χ4n) is 2.37. The highest BCUT2D eigenvalue weighted by molar-refractivity contribution is 6.55. The number of ketones is 1. The molecule has 0 bridgehead atoms. The Morgan fingerprint density at radius 1 is 1.30 bits per heavy atom. The number of aromatic nitrogens is 2. The average molecular weight is 290 g/mol. The largest absolute Gasteiger partial charge is 0.338 e. The molecule has 2 heterocycles. The molecule has 1 aliphatic rings. The van der Waals surface area contributed by atoms with Crippen LogP contribution in [-0.4, -0.2) is 27.8 Å². The summed E-state index contributed by atoms with van der Waals surface area (Å²) in [6, 6.07) is 5.09. The zero-order valence-electron chi connectivity index (χ0n) is 10.8. The van der Waals surface area contributed by atoms with E-state index in [1.54, 1.807) is 24.4 Å². The van der Waals surface area contributed by atoms with Crippen LogP contribution in [0.4, 0.5) is 5.69 Å². The van der Waals surface area contributed by atoms with E-state index in [4.69, 9.17) is 11.6 Å². The van der Waals surface area contributed by atoms with E-state index in [1.807, 2.05) is 17.8 Å². The Balaban J connectivity index is 1.88. The lowest BCUT2D eigenvalue weighted by Gasteiger charge is -2.16. The summed E-state index contributed by atoms with van der Waals surface area (Å²) in [4.78, 5) is 29.7. The number of nitrogens with zero attached hydrogens (tertiary/aromatic N) is 3. The summed E-state index contributed by atoms with van der Waals surface area (Å²) in [6.07, 6.45) is 4.13. The third-order valence-corrected chi connectivity index (χ3v) is 3.74. The molecule has 0 unspecified atom stereocenters. The molecule has 0 fully saturated rings. The SMILES string of the molecule is Cn1ccnc1CCN1C(=O)C(=O)c2c(Cl)cccc21. The van der Waals surface area contributed by atoms with Crippen LogP contribution in [0.3, 0.4) is 0 Å². The molecule has 0 atom stereocenters. The number of hydrogen-bond donors (Lipinski definition) is 0. The van der Waals surface area contributed by atoms with Gasteiger partial charge in [-0.2, -0.15) is 0 Å². The van der Waals surface area contributed by atoms with E-state index in [0.717, 1.165) is 5.82 Å². The molecule has 1 aromatic carbocycles. The predicted molar refractivity (Wildman–Crippen MR) is 75.0 cm³/mol. The van der Waals surface area contributed by atoms with Gasteiger partial charge in [0.15, 0.2) is 0 Å². The monoisotopic (exact) mass is 289 g/mol. The van der Waals surface area contributed by atoms with E-state index in [1.165, 1.54) is 4.90 Å². The van der Waals surface area contributed by atoms with Gasteiger partial charge < -0.3 is 9.47 Å². The third kappa shape index (κ3) is 1.91. The Morgan fingerprint density at radius 3 is 2.80 bits per heavy atom. The topological polar surface area (TPSA) is 55.2 Å². The zero-order valence-corrected chi connectivity index (χ0v) is 11.6. The van der Waals surface area contributed by atoms with Crippen molar-refractivity contribution < 1.29 is 9.59 Å². The highest BCUT2D eigenvalue weighted by Crippen LogP contribution is 2.33. The number of anilines is 1. The highest BCUT2D eigenvalue weighted by atomic mass is 35.5. The molecular weight excluding hydrogens is 278 g/mol. The quantitative estimate of drug-likeness (QED) is 0.810. The molecule has 6 heteroatoms. The van der Waals surface area contributed by atoms with Crippen molar-refractivity contribution in [3.63, 3.8) is 0 Å². The highest BCUT2D eigenvalue weighted by Gasteiger charge is 2.37. The molecule has 5 nitrogen and oxygen atoms in total. The lowest BCUT2D eigenvalue weighted by atomic mass is 10.1. The van der Waals surface area contributed by atoms with Crippen LogP contribution in [0.15, 0.2) is 30.6 Å². The number of halogens is 1. The molecule has 0 aliphatic carbocycles. The van der Waals surface area contributed by atoms with E-state index in [0.29, 0.717) is 29.2 Å². The van der Waals surface area contributed by atoms with Gasteiger partial charge in [0, 0.05) is 32.4 Å². The Bertz CT molecular complexity index is 708. The summed E-state index contributed by atoms with van der Waals surface area (Å²) in [5.41, 5.74) is 0.890. The Labute approximate surface area is 120 Å². The summed E-state index contributed by atoms with van der Waals surface area (Å²) >= 11 is 6.00. The molecule has 102 valence electrons. The maximum atomic E-state index is 12.0. The molecular formula is C14H12ClN3O2. The standard InChI is InChI=1S/C14H12ClN3O2/c1-17-8-6-16-11(17)5-7-18-10-4-2-3-9(15)12(10)13(19)14(18)20/h2-4,6,8H,5,7H2,1H3. The summed E-state index contributed by atoms with van der Waals surface area (Å²) in [6.45, 7) is 0.406. The van der Waals surface area contributed by atoms with Gasteiger partial charge in [-0.05, 0) is 12.1 Å². The third-order valence-electron chi connectivity index (χ3n) is 3.43. The molecule has 2 aromatic rings. The number of imidazole rings is 1.